The molecule has 0 spiro atoms. The number of benzene rings is 1. The van der Waals surface area contributed by atoms with E-state index in [0.29, 0.717) is 16.5 Å². The van der Waals surface area contributed by atoms with Crippen molar-refractivity contribution >= 4 is 44.2 Å². The van der Waals surface area contributed by atoms with Gasteiger partial charge in [-0.3, -0.25) is 4.79 Å². The summed E-state index contributed by atoms with van der Waals surface area (Å²) in [6.45, 7) is 3.82. The Balaban J connectivity index is 1.72. The van der Waals surface area contributed by atoms with Crippen LogP contribution in [0.15, 0.2) is 40.9 Å². The van der Waals surface area contributed by atoms with Crippen LogP contribution >= 0.6 is 11.3 Å². The minimum absolute atomic E-state index is 0.207. The molecule has 0 bridgehead atoms. The molecule has 3 heterocycles. The molecule has 4 rings (SSSR count). The van der Waals surface area contributed by atoms with E-state index < -0.39 is 0 Å². The third-order valence-corrected chi connectivity index (χ3v) is 4.60. The lowest BCUT2D eigenvalue weighted by atomic mass is 10.1. The Kier molecular flexibility index (Phi) is 3.12. The van der Waals surface area contributed by atoms with E-state index in [-0.39, 0.29) is 5.91 Å². The van der Waals surface area contributed by atoms with Crippen LogP contribution in [-0.2, 0) is 0 Å². The number of pyridine rings is 1. The zero-order valence-corrected chi connectivity index (χ0v) is 13.4. The van der Waals surface area contributed by atoms with Crippen LogP contribution in [0.1, 0.15) is 21.0 Å². The fourth-order valence-electron chi connectivity index (χ4n) is 2.45. The van der Waals surface area contributed by atoms with Crippen molar-refractivity contribution in [2.75, 3.05) is 5.32 Å². The number of aromatic nitrogens is 2. The third-order valence-electron chi connectivity index (χ3n) is 3.55. The molecule has 0 atom stereocenters. The lowest BCUT2D eigenvalue weighted by Gasteiger charge is -1.98. The number of thiophene rings is 1. The number of hydrogen-bond acceptors (Lipinski definition) is 5. The summed E-state index contributed by atoms with van der Waals surface area (Å²) in [5.41, 5.74) is 2.11. The average Bonchev–Trinajstić information content (AvgIpc) is 3.10. The predicted molar refractivity (Wildman–Crippen MR) is 91.1 cm³/mol. The van der Waals surface area contributed by atoms with E-state index in [4.69, 9.17) is 4.52 Å². The number of hydrogen-bond donors (Lipinski definition) is 1. The molecular formula is C17H13N3O2S. The van der Waals surface area contributed by atoms with Gasteiger partial charge >= 0.3 is 0 Å². The van der Waals surface area contributed by atoms with Crippen LogP contribution < -0.4 is 5.32 Å². The number of fused-ring (bicyclic) bond motifs is 2. The van der Waals surface area contributed by atoms with E-state index in [1.54, 1.807) is 13.0 Å². The molecule has 0 saturated carbocycles. The molecular weight excluding hydrogens is 310 g/mol. The molecule has 0 fully saturated rings. The van der Waals surface area contributed by atoms with Crippen molar-refractivity contribution in [1.82, 2.24) is 10.1 Å². The molecule has 4 aromatic rings. The maximum absolute atomic E-state index is 12.3. The number of carbonyl (C=O) groups excluding carboxylic acids is 1. The summed E-state index contributed by atoms with van der Waals surface area (Å²) in [6.07, 6.45) is 0. The van der Waals surface area contributed by atoms with Gasteiger partial charge in [0, 0.05) is 16.8 Å². The van der Waals surface area contributed by atoms with Crippen LogP contribution in [0, 0.1) is 13.8 Å². The van der Waals surface area contributed by atoms with Gasteiger partial charge in [0.05, 0.1) is 10.4 Å². The summed E-state index contributed by atoms with van der Waals surface area (Å²) >= 11 is 1.37. The van der Waals surface area contributed by atoms with Gasteiger partial charge in [-0.05, 0) is 37.6 Å². The van der Waals surface area contributed by atoms with Gasteiger partial charge in [0.1, 0.15) is 10.6 Å². The molecule has 1 amide bonds. The Bertz CT molecular complexity index is 1050. The molecule has 0 saturated heterocycles. The largest absolute Gasteiger partial charge is 0.360 e. The summed E-state index contributed by atoms with van der Waals surface area (Å²) in [5, 5.41) is 8.54. The van der Waals surface area contributed by atoms with Crippen molar-refractivity contribution in [3.05, 3.63) is 52.6 Å². The summed E-state index contributed by atoms with van der Waals surface area (Å²) < 4.78 is 4.95. The van der Waals surface area contributed by atoms with Crippen LogP contribution in [0.2, 0.25) is 0 Å². The van der Waals surface area contributed by atoms with Crippen LogP contribution in [0.25, 0.3) is 21.1 Å². The Morgan fingerprint density at radius 1 is 1.13 bits per heavy atom. The lowest BCUT2D eigenvalue weighted by molar-refractivity contribution is 0.102. The SMILES string of the molecule is Cc1ccc2cc3cc(C(=O)Nc4cc(C)on4)sc3nc2c1. The molecule has 23 heavy (non-hydrogen) atoms. The van der Waals surface area contributed by atoms with Gasteiger partial charge in [-0.25, -0.2) is 4.98 Å². The van der Waals surface area contributed by atoms with Crippen LogP contribution in [0.3, 0.4) is 0 Å². The second-order valence-electron chi connectivity index (χ2n) is 5.47. The highest BCUT2D eigenvalue weighted by atomic mass is 32.1. The number of carbonyl (C=O) groups is 1. The number of nitrogens with one attached hydrogen (secondary N) is 1. The zero-order valence-electron chi connectivity index (χ0n) is 12.6. The quantitative estimate of drug-likeness (QED) is 0.597. The Labute approximate surface area is 135 Å². The molecule has 0 unspecified atom stereocenters. The second-order valence-corrected chi connectivity index (χ2v) is 6.50. The second kappa shape index (κ2) is 5.17. The maximum atomic E-state index is 12.3. The van der Waals surface area contributed by atoms with Crippen molar-refractivity contribution < 1.29 is 9.32 Å². The number of nitrogens with zero attached hydrogens (tertiary/aromatic N) is 2. The van der Waals surface area contributed by atoms with Crippen molar-refractivity contribution in [2.45, 2.75) is 13.8 Å². The highest BCUT2D eigenvalue weighted by molar-refractivity contribution is 7.20. The lowest BCUT2D eigenvalue weighted by Crippen LogP contribution is -2.10. The monoisotopic (exact) mass is 323 g/mol. The third kappa shape index (κ3) is 2.57. The molecule has 114 valence electrons. The van der Waals surface area contributed by atoms with Gasteiger partial charge in [-0.1, -0.05) is 17.3 Å². The molecule has 0 aliphatic rings. The Hall–Kier alpha value is -2.73. The van der Waals surface area contributed by atoms with E-state index in [2.05, 4.69) is 27.6 Å². The van der Waals surface area contributed by atoms with E-state index in [1.807, 2.05) is 25.1 Å². The predicted octanol–water partition coefficient (Wildman–Crippen LogP) is 4.31. The first kappa shape index (κ1) is 13.9. The molecule has 1 aromatic carbocycles. The van der Waals surface area contributed by atoms with E-state index in [1.165, 1.54) is 16.9 Å². The van der Waals surface area contributed by atoms with Crippen LogP contribution in [-0.4, -0.2) is 16.0 Å². The molecule has 0 aliphatic carbocycles. The van der Waals surface area contributed by atoms with Gasteiger partial charge in [-0.2, -0.15) is 0 Å². The van der Waals surface area contributed by atoms with Crippen molar-refractivity contribution in [3.63, 3.8) is 0 Å². The molecule has 1 N–H and O–H groups in total. The molecule has 0 aliphatic heterocycles. The van der Waals surface area contributed by atoms with Crippen molar-refractivity contribution in [1.29, 1.82) is 0 Å². The normalized spacial score (nSPS) is 11.2. The van der Waals surface area contributed by atoms with E-state index in [9.17, 15) is 4.79 Å². The highest BCUT2D eigenvalue weighted by Gasteiger charge is 2.13. The number of aryl methyl sites for hydroxylation is 2. The summed E-state index contributed by atoms with van der Waals surface area (Å²) in [6, 6.07) is 11.8. The van der Waals surface area contributed by atoms with Crippen LogP contribution in [0.4, 0.5) is 5.82 Å². The van der Waals surface area contributed by atoms with E-state index in [0.717, 1.165) is 21.1 Å². The average molecular weight is 323 g/mol. The Morgan fingerprint density at radius 3 is 2.78 bits per heavy atom. The maximum Gasteiger partial charge on any atom is 0.267 e. The first-order valence-electron chi connectivity index (χ1n) is 7.14. The smallest absolute Gasteiger partial charge is 0.267 e. The van der Waals surface area contributed by atoms with Gasteiger partial charge < -0.3 is 9.84 Å². The van der Waals surface area contributed by atoms with Crippen molar-refractivity contribution in [2.24, 2.45) is 0 Å². The number of amides is 1. The van der Waals surface area contributed by atoms with Crippen molar-refractivity contribution in [3.8, 4) is 0 Å². The number of anilines is 1. The van der Waals surface area contributed by atoms with E-state index >= 15 is 0 Å². The first-order chi connectivity index (χ1) is 11.1. The summed E-state index contributed by atoms with van der Waals surface area (Å²) in [4.78, 5) is 18.4. The van der Waals surface area contributed by atoms with Gasteiger partial charge in [-0.15, -0.1) is 11.3 Å². The fraction of sp³-hybridized carbons (Fsp3) is 0.118. The van der Waals surface area contributed by atoms with Gasteiger partial charge in [0.15, 0.2) is 5.82 Å². The van der Waals surface area contributed by atoms with Gasteiger partial charge in [0.25, 0.3) is 5.91 Å². The fourth-order valence-corrected chi connectivity index (χ4v) is 3.37. The van der Waals surface area contributed by atoms with Crippen LogP contribution in [0.5, 0.6) is 0 Å². The first-order valence-corrected chi connectivity index (χ1v) is 7.96. The Morgan fingerprint density at radius 2 is 2.00 bits per heavy atom. The standard InChI is InChI=1S/C17H13N3O2S/c1-9-3-4-11-7-12-8-14(23-17(12)18-13(11)5-9)16(21)19-15-6-10(2)22-20-15/h3-8H,1-2H3,(H,19,20,21). The minimum Gasteiger partial charge on any atom is -0.360 e. The summed E-state index contributed by atoms with van der Waals surface area (Å²) in [7, 11) is 0. The topological polar surface area (TPSA) is 68.0 Å². The molecule has 6 heteroatoms. The zero-order chi connectivity index (χ0) is 16.0. The molecule has 3 aromatic heterocycles. The van der Waals surface area contributed by atoms with Gasteiger partial charge in [0.2, 0.25) is 0 Å². The highest BCUT2D eigenvalue weighted by Crippen LogP contribution is 2.28. The number of rotatable bonds is 2. The molecule has 0 radical (unpaired) electrons. The summed E-state index contributed by atoms with van der Waals surface area (Å²) in [5.74, 6) is 0.861. The molecule has 5 nitrogen and oxygen atoms in total. The minimum atomic E-state index is -0.207.